The van der Waals surface area contributed by atoms with Gasteiger partial charge in [-0.25, -0.2) is 9.97 Å². The van der Waals surface area contributed by atoms with Gasteiger partial charge in [-0.15, -0.1) is 0 Å². The molecule has 2 aromatic rings. The number of carbonyl (C=O) groups excluding carboxylic acids is 1. The Hall–Kier alpha value is -2.63. The normalized spacial score (nSPS) is 18.1. The molecule has 4 rings (SSSR count). The Bertz CT molecular complexity index is 776. The second-order valence-electron chi connectivity index (χ2n) is 8.18. The summed E-state index contributed by atoms with van der Waals surface area (Å²) in [7, 11) is 0. The number of aromatic nitrogens is 2. The Morgan fingerprint density at radius 3 is 2.14 bits per heavy atom. The summed E-state index contributed by atoms with van der Waals surface area (Å²) in [5, 5.41) is 6.36. The largest absolute Gasteiger partial charge is 0.372 e. The maximum atomic E-state index is 12.5. The van der Waals surface area contributed by atoms with Gasteiger partial charge < -0.3 is 15.5 Å². The van der Waals surface area contributed by atoms with Crippen LogP contribution in [0.25, 0.3) is 0 Å². The van der Waals surface area contributed by atoms with Crippen LogP contribution in [0.1, 0.15) is 68.1 Å². The molecule has 0 radical (unpaired) electrons. The van der Waals surface area contributed by atoms with E-state index in [0.29, 0.717) is 11.5 Å². The molecule has 2 heterocycles. The minimum absolute atomic E-state index is 0.0747. The first-order chi connectivity index (χ1) is 14.3. The smallest absolute Gasteiger partial charge is 0.254 e. The zero-order valence-corrected chi connectivity index (χ0v) is 17.1. The number of benzene rings is 1. The van der Waals surface area contributed by atoms with Gasteiger partial charge in [-0.3, -0.25) is 4.79 Å². The third kappa shape index (κ3) is 5.46. The molecular weight excluding hydrogens is 362 g/mol. The average Bonchev–Trinajstić information content (AvgIpc) is 3.04. The van der Waals surface area contributed by atoms with Crippen molar-refractivity contribution in [2.24, 2.45) is 0 Å². The number of amides is 1. The van der Waals surface area contributed by atoms with E-state index in [1.807, 2.05) is 0 Å². The summed E-state index contributed by atoms with van der Waals surface area (Å²) in [5.74, 6) is 0.427. The third-order valence-corrected chi connectivity index (χ3v) is 5.95. The molecule has 1 aliphatic heterocycles. The first-order valence-corrected chi connectivity index (χ1v) is 11.0. The van der Waals surface area contributed by atoms with Crippen LogP contribution in [0.3, 0.4) is 0 Å². The molecule has 2 aliphatic rings. The molecule has 29 heavy (non-hydrogen) atoms. The molecule has 1 saturated carbocycles. The van der Waals surface area contributed by atoms with Gasteiger partial charge in [-0.2, -0.15) is 0 Å². The van der Waals surface area contributed by atoms with Crippen LogP contribution in [0.15, 0.2) is 36.7 Å². The van der Waals surface area contributed by atoms with Crippen molar-refractivity contribution < 1.29 is 4.79 Å². The van der Waals surface area contributed by atoms with Crippen molar-refractivity contribution >= 4 is 23.2 Å². The number of nitrogens with zero attached hydrogens (tertiary/aromatic N) is 3. The highest BCUT2D eigenvalue weighted by atomic mass is 16.1. The molecule has 1 aromatic heterocycles. The van der Waals surface area contributed by atoms with Gasteiger partial charge in [0.1, 0.15) is 0 Å². The summed E-state index contributed by atoms with van der Waals surface area (Å²) in [4.78, 5) is 23.6. The van der Waals surface area contributed by atoms with Gasteiger partial charge in [0.25, 0.3) is 5.91 Å². The molecule has 0 spiro atoms. The van der Waals surface area contributed by atoms with Gasteiger partial charge in [0, 0.05) is 42.9 Å². The van der Waals surface area contributed by atoms with E-state index >= 15 is 0 Å². The number of piperidine rings is 1. The van der Waals surface area contributed by atoms with Crippen molar-refractivity contribution in [1.82, 2.24) is 15.3 Å². The molecule has 0 atom stereocenters. The number of anilines is 3. The van der Waals surface area contributed by atoms with Crippen LogP contribution in [0.2, 0.25) is 0 Å². The van der Waals surface area contributed by atoms with Gasteiger partial charge in [-0.05, 0) is 56.4 Å². The Morgan fingerprint density at radius 2 is 1.48 bits per heavy atom. The minimum Gasteiger partial charge on any atom is -0.372 e. The Labute approximate surface area is 173 Å². The fraction of sp³-hybridized carbons (Fsp3) is 0.522. The van der Waals surface area contributed by atoms with E-state index in [1.165, 1.54) is 50.6 Å². The summed E-state index contributed by atoms with van der Waals surface area (Å²) < 4.78 is 0. The van der Waals surface area contributed by atoms with E-state index < -0.39 is 0 Å². The summed E-state index contributed by atoms with van der Waals surface area (Å²) >= 11 is 0. The predicted octanol–water partition coefficient (Wildman–Crippen LogP) is 4.66. The van der Waals surface area contributed by atoms with Gasteiger partial charge in [-0.1, -0.05) is 25.7 Å². The molecule has 1 aromatic carbocycles. The summed E-state index contributed by atoms with van der Waals surface area (Å²) in [5.41, 5.74) is 2.73. The summed E-state index contributed by atoms with van der Waals surface area (Å²) in [6, 6.07) is 8.67. The Balaban J connectivity index is 1.32. The van der Waals surface area contributed by atoms with Crippen LogP contribution in [-0.4, -0.2) is 35.0 Å². The van der Waals surface area contributed by atoms with Gasteiger partial charge in [0.2, 0.25) is 5.95 Å². The lowest BCUT2D eigenvalue weighted by atomic mass is 10.1. The zero-order chi connectivity index (χ0) is 19.9. The first-order valence-electron chi connectivity index (χ1n) is 11.0. The fourth-order valence-electron chi connectivity index (χ4n) is 4.24. The maximum Gasteiger partial charge on any atom is 0.254 e. The zero-order valence-electron chi connectivity index (χ0n) is 17.1. The number of nitrogens with one attached hydrogen (secondary N) is 2. The molecule has 6 nitrogen and oxygen atoms in total. The Kier molecular flexibility index (Phi) is 6.60. The Morgan fingerprint density at radius 1 is 0.862 bits per heavy atom. The van der Waals surface area contributed by atoms with Crippen molar-refractivity contribution in [1.29, 1.82) is 0 Å². The molecule has 0 bridgehead atoms. The minimum atomic E-state index is -0.0747. The molecule has 154 valence electrons. The monoisotopic (exact) mass is 393 g/mol. The van der Waals surface area contributed by atoms with Crippen molar-refractivity contribution in [2.45, 2.75) is 63.8 Å². The topological polar surface area (TPSA) is 70.2 Å². The first kappa shape index (κ1) is 19.7. The lowest BCUT2D eigenvalue weighted by Gasteiger charge is -2.28. The van der Waals surface area contributed by atoms with Gasteiger partial charge in [0.05, 0.1) is 5.56 Å². The highest BCUT2D eigenvalue weighted by Gasteiger charge is 2.16. The van der Waals surface area contributed by atoms with Crippen LogP contribution in [-0.2, 0) is 0 Å². The number of rotatable bonds is 5. The van der Waals surface area contributed by atoms with Crippen molar-refractivity contribution in [3.8, 4) is 0 Å². The fourth-order valence-corrected chi connectivity index (χ4v) is 4.24. The van der Waals surface area contributed by atoms with E-state index in [0.717, 1.165) is 31.6 Å². The molecule has 0 unspecified atom stereocenters. The maximum absolute atomic E-state index is 12.5. The number of hydrogen-bond donors (Lipinski definition) is 2. The second kappa shape index (κ2) is 9.72. The highest BCUT2D eigenvalue weighted by molar-refractivity contribution is 5.93. The van der Waals surface area contributed by atoms with Crippen LogP contribution < -0.4 is 15.5 Å². The third-order valence-electron chi connectivity index (χ3n) is 5.95. The molecule has 1 aliphatic carbocycles. The van der Waals surface area contributed by atoms with E-state index in [4.69, 9.17) is 0 Å². The predicted molar refractivity (Wildman–Crippen MR) is 117 cm³/mol. The van der Waals surface area contributed by atoms with E-state index in [9.17, 15) is 4.79 Å². The van der Waals surface area contributed by atoms with E-state index in [2.05, 4.69) is 49.8 Å². The quantitative estimate of drug-likeness (QED) is 0.723. The molecular formula is C23H31N5O. The SMILES string of the molecule is O=C(NC1CCCCCC1)c1cnc(Nc2ccc(N3CCCCC3)cc2)nc1. The summed E-state index contributed by atoms with van der Waals surface area (Å²) in [6.07, 6.45) is 14.2. The van der Waals surface area contributed by atoms with Crippen molar-refractivity contribution in [3.63, 3.8) is 0 Å². The molecule has 1 saturated heterocycles. The standard InChI is InChI=1S/C23H31N5O/c29-22(26-19-8-4-1-2-5-9-19)18-16-24-23(25-17-18)27-20-10-12-21(13-11-20)28-14-6-3-7-15-28/h10-13,16-17,19H,1-9,14-15H2,(H,26,29)(H,24,25,27). The van der Waals surface area contributed by atoms with Crippen molar-refractivity contribution in [3.05, 3.63) is 42.2 Å². The van der Waals surface area contributed by atoms with E-state index in [1.54, 1.807) is 12.4 Å². The van der Waals surface area contributed by atoms with E-state index in [-0.39, 0.29) is 11.9 Å². The highest BCUT2D eigenvalue weighted by Crippen LogP contribution is 2.23. The molecule has 1 amide bonds. The lowest BCUT2D eigenvalue weighted by molar-refractivity contribution is 0.0932. The molecule has 2 fully saturated rings. The number of carbonyl (C=O) groups is 1. The van der Waals surface area contributed by atoms with Crippen molar-refractivity contribution in [2.75, 3.05) is 23.3 Å². The molecule has 2 N–H and O–H groups in total. The molecule has 6 heteroatoms. The van der Waals surface area contributed by atoms with Crippen LogP contribution >= 0.6 is 0 Å². The van der Waals surface area contributed by atoms with Gasteiger partial charge in [0.15, 0.2) is 0 Å². The van der Waals surface area contributed by atoms with Crippen LogP contribution in [0.5, 0.6) is 0 Å². The van der Waals surface area contributed by atoms with Crippen LogP contribution in [0.4, 0.5) is 17.3 Å². The second-order valence-corrected chi connectivity index (χ2v) is 8.18. The number of hydrogen-bond acceptors (Lipinski definition) is 5. The lowest BCUT2D eigenvalue weighted by Crippen LogP contribution is -2.34. The van der Waals surface area contributed by atoms with Gasteiger partial charge >= 0.3 is 0 Å². The van der Waals surface area contributed by atoms with Crippen LogP contribution in [0, 0.1) is 0 Å². The summed E-state index contributed by atoms with van der Waals surface area (Å²) in [6.45, 7) is 2.28. The average molecular weight is 394 g/mol.